The molecule has 0 saturated carbocycles. The molecule has 9 heavy (non-hydrogen) atoms. The van der Waals surface area contributed by atoms with Gasteiger partial charge in [0.05, 0.1) is 0 Å². The van der Waals surface area contributed by atoms with Crippen molar-refractivity contribution < 1.29 is 22.9 Å². The van der Waals surface area contributed by atoms with E-state index in [2.05, 4.69) is 11.9 Å². The Hall–Kier alpha value is -0.600. The van der Waals surface area contributed by atoms with Gasteiger partial charge in [0.1, 0.15) is 0 Å². The Bertz CT molecular complexity index is 143. The first-order chi connectivity index (χ1) is 3.39. The average Bonchev–Trinajstić information content (AvgIpc) is 1.69. The second-order valence-corrected chi connectivity index (χ2v) is 1.58. The van der Waals surface area contributed by atoms with Gasteiger partial charge in [0, 0.05) is 12.1 Å². The molecule has 0 aliphatic heterocycles. The van der Waals surface area contributed by atoms with Crippen molar-refractivity contribution in [1.82, 2.24) is 0 Å². The van der Waals surface area contributed by atoms with Crippen LogP contribution >= 0.6 is 0 Å². The zero-order valence-corrected chi connectivity index (χ0v) is 5.94. The van der Waals surface area contributed by atoms with Gasteiger partial charge in [-0.1, -0.05) is 0 Å². The highest BCUT2D eigenvalue weighted by Gasteiger charge is 1.78. The quantitative estimate of drug-likeness (QED) is 0.375. The molecule has 0 fully saturated rings. The van der Waals surface area contributed by atoms with E-state index in [9.17, 15) is 0 Å². The summed E-state index contributed by atoms with van der Waals surface area (Å²) in [6.45, 7) is 2.06. The Kier molecular flexibility index (Phi) is 6.91. The maximum Gasteiger partial charge on any atom is 0.167 e. The first kappa shape index (κ1) is 11.2. The standard InChI is InChI=1S/C6H7N.ClH.H2O/c1-6-2-4-7-5-3-6;;/h2-5H,1H3;1H;1H2. The van der Waals surface area contributed by atoms with Crippen LogP contribution in [0.2, 0.25) is 0 Å². The molecular formula is C6H10ClNO. The number of pyridine rings is 1. The third-order valence-corrected chi connectivity index (χ3v) is 0.885. The molecule has 1 rings (SSSR count). The van der Waals surface area contributed by atoms with Crippen LogP contribution in [0.15, 0.2) is 24.5 Å². The van der Waals surface area contributed by atoms with Crippen molar-refractivity contribution in [3.8, 4) is 0 Å². The highest BCUT2D eigenvalue weighted by molar-refractivity contribution is 5.02. The Balaban J connectivity index is 0. The summed E-state index contributed by atoms with van der Waals surface area (Å²) in [4.78, 5) is 2.93. The van der Waals surface area contributed by atoms with Crippen molar-refractivity contribution in [3.63, 3.8) is 0 Å². The van der Waals surface area contributed by atoms with Crippen LogP contribution in [0, 0.1) is 6.92 Å². The summed E-state index contributed by atoms with van der Waals surface area (Å²) in [7, 11) is 0. The largest absolute Gasteiger partial charge is 1.00 e. The third kappa shape index (κ3) is 3.94. The van der Waals surface area contributed by atoms with Gasteiger partial charge in [-0.3, -0.25) is 0 Å². The SMILES string of the molecule is Cc1cc[nH+]cc1.O.[Cl-]. The summed E-state index contributed by atoms with van der Waals surface area (Å²) < 4.78 is 0. The molecule has 0 saturated heterocycles. The van der Waals surface area contributed by atoms with Crippen LogP contribution in [-0.4, -0.2) is 5.48 Å². The van der Waals surface area contributed by atoms with E-state index < -0.39 is 0 Å². The molecule has 3 heteroatoms. The minimum absolute atomic E-state index is 0. The number of rotatable bonds is 0. The van der Waals surface area contributed by atoms with Gasteiger partial charge in [-0.05, 0) is 12.5 Å². The van der Waals surface area contributed by atoms with Gasteiger partial charge in [0.2, 0.25) is 0 Å². The van der Waals surface area contributed by atoms with Gasteiger partial charge in [-0.25, -0.2) is 4.98 Å². The number of nitrogens with one attached hydrogen (secondary N) is 1. The Morgan fingerprint density at radius 1 is 1.22 bits per heavy atom. The lowest BCUT2D eigenvalue weighted by molar-refractivity contribution is -0.378. The van der Waals surface area contributed by atoms with E-state index in [0.717, 1.165) is 0 Å². The fourth-order valence-electron chi connectivity index (χ4n) is 0.470. The summed E-state index contributed by atoms with van der Waals surface area (Å²) >= 11 is 0. The molecule has 0 aliphatic rings. The van der Waals surface area contributed by atoms with E-state index in [1.807, 2.05) is 24.5 Å². The maximum atomic E-state index is 2.93. The lowest BCUT2D eigenvalue weighted by Crippen LogP contribution is -3.00. The molecule has 0 amide bonds. The molecule has 0 aliphatic carbocycles. The minimum atomic E-state index is 0. The van der Waals surface area contributed by atoms with E-state index in [4.69, 9.17) is 0 Å². The number of halogens is 1. The smallest absolute Gasteiger partial charge is 0.167 e. The molecule has 1 aromatic rings. The van der Waals surface area contributed by atoms with Crippen LogP contribution in [0.5, 0.6) is 0 Å². The van der Waals surface area contributed by atoms with Gasteiger partial charge in [0.15, 0.2) is 12.4 Å². The molecule has 0 bridgehead atoms. The molecule has 0 radical (unpaired) electrons. The number of aryl methyl sites for hydroxylation is 1. The van der Waals surface area contributed by atoms with Crippen LogP contribution in [0.4, 0.5) is 0 Å². The van der Waals surface area contributed by atoms with Crippen molar-refractivity contribution in [2.45, 2.75) is 6.92 Å². The lowest BCUT2D eigenvalue weighted by atomic mass is 10.3. The first-order valence-corrected chi connectivity index (χ1v) is 2.32. The fraction of sp³-hybridized carbons (Fsp3) is 0.167. The summed E-state index contributed by atoms with van der Waals surface area (Å²) in [6.07, 6.45) is 3.82. The monoisotopic (exact) mass is 147 g/mol. The Morgan fingerprint density at radius 3 is 1.89 bits per heavy atom. The first-order valence-electron chi connectivity index (χ1n) is 2.32. The molecule has 1 heterocycles. The van der Waals surface area contributed by atoms with Gasteiger partial charge < -0.3 is 17.9 Å². The Labute approximate surface area is 60.6 Å². The third-order valence-electron chi connectivity index (χ3n) is 0.885. The van der Waals surface area contributed by atoms with E-state index in [1.165, 1.54) is 5.56 Å². The van der Waals surface area contributed by atoms with Gasteiger partial charge in [0.25, 0.3) is 0 Å². The molecule has 3 N–H and O–H groups in total. The van der Waals surface area contributed by atoms with Crippen molar-refractivity contribution in [1.29, 1.82) is 0 Å². The maximum absolute atomic E-state index is 2.93. The van der Waals surface area contributed by atoms with E-state index in [-0.39, 0.29) is 17.9 Å². The zero-order valence-electron chi connectivity index (χ0n) is 5.19. The number of aromatic nitrogens is 1. The molecule has 0 unspecified atom stereocenters. The summed E-state index contributed by atoms with van der Waals surface area (Å²) in [5.74, 6) is 0. The highest BCUT2D eigenvalue weighted by atomic mass is 35.5. The Morgan fingerprint density at radius 2 is 1.67 bits per heavy atom. The minimum Gasteiger partial charge on any atom is -1.00 e. The molecule has 0 aromatic carbocycles. The number of aromatic amines is 1. The van der Waals surface area contributed by atoms with E-state index in [1.54, 1.807) is 0 Å². The van der Waals surface area contributed by atoms with Crippen molar-refractivity contribution >= 4 is 0 Å². The number of hydrogen-bond acceptors (Lipinski definition) is 0. The van der Waals surface area contributed by atoms with Crippen LogP contribution in [0.1, 0.15) is 5.56 Å². The molecule has 0 atom stereocenters. The average molecular weight is 148 g/mol. The topological polar surface area (TPSA) is 45.6 Å². The van der Waals surface area contributed by atoms with E-state index in [0.29, 0.717) is 0 Å². The molecule has 1 aromatic heterocycles. The predicted octanol–water partition coefficient (Wildman–Crippen LogP) is -3.01. The van der Waals surface area contributed by atoms with Crippen molar-refractivity contribution in [3.05, 3.63) is 30.1 Å². The second-order valence-electron chi connectivity index (χ2n) is 1.58. The van der Waals surface area contributed by atoms with Crippen LogP contribution in [0.25, 0.3) is 0 Å². The van der Waals surface area contributed by atoms with Gasteiger partial charge in [-0.15, -0.1) is 0 Å². The molecule has 52 valence electrons. The molecule has 0 spiro atoms. The summed E-state index contributed by atoms with van der Waals surface area (Å²) in [5.41, 5.74) is 1.29. The summed E-state index contributed by atoms with van der Waals surface area (Å²) in [5, 5.41) is 0. The lowest BCUT2D eigenvalue weighted by Gasteiger charge is -1.77. The zero-order chi connectivity index (χ0) is 5.11. The normalized spacial score (nSPS) is 6.78. The molecule has 2 nitrogen and oxygen atoms in total. The van der Waals surface area contributed by atoms with Crippen molar-refractivity contribution in [2.75, 3.05) is 0 Å². The van der Waals surface area contributed by atoms with Crippen molar-refractivity contribution in [2.24, 2.45) is 0 Å². The van der Waals surface area contributed by atoms with E-state index >= 15 is 0 Å². The fourth-order valence-corrected chi connectivity index (χ4v) is 0.470. The second kappa shape index (κ2) is 5.54. The number of H-pyrrole nitrogens is 1. The van der Waals surface area contributed by atoms with Crippen LogP contribution in [-0.2, 0) is 0 Å². The highest BCUT2D eigenvalue weighted by Crippen LogP contribution is 1.86. The van der Waals surface area contributed by atoms with Crippen LogP contribution < -0.4 is 17.4 Å². The van der Waals surface area contributed by atoms with Gasteiger partial charge in [-0.2, -0.15) is 0 Å². The van der Waals surface area contributed by atoms with Crippen LogP contribution in [0.3, 0.4) is 0 Å². The van der Waals surface area contributed by atoms with Gasteiger partial charge >= 0.3 is 0 Å². The number of hydrogen-bond donors (Lipinski definition) is 0. The summed E-state index contributed by atoms with van der Waals surface area (Å²) in [6, 6.07) is 4.06. The predicted molar refractivity (Wildman–Crippen MR) is 31.3 cm³/mol. The molecular weight excluding hydrogens is 138 g/mol.